The molecule has 0 aliphatic rings. The Morgan fingerprint density at radius 2 is 0.915 bits per heavy atom. The number of unbranched alkanes of at least 4 members (excludes halogenated alkanes) is 16. The van der Waals surface area contributed by atoms with Crippen molar-refractivity contribution in [3.05, 3.63) is 24.3 Å². The number of aliphatic hydroxyl groups is 1. The molecule has 0 aromatic carbocycles. The Bertz CT molecular complexity index is 837. The van der Waals surface area contributed by atoms with Gasteiger partial charge < -0.3 is 24.1 Å². The van der Waals surface area contributed by atoms with Crippen LogP contribution in [0.5, 0.6) is 0 Å². The summed E-state index contributed by atoms with van der Waals surface area (Å²) in [6, 6.07) is 0. The van der Waals surface area contributed by atoms with E-state index in [1.165, 1.54) is 51.4 Å². The van der Waals surface area contributed by atoms with Gasteiger partial charge in [-0.1, -0.05) is 115 Å². The molecule has 9 heteroatoms. The van der Waals surface area contributed by atoms with E-state index in [2.05, 4.69) is 26.0 Å². The smallest absolute Gasteiger partial charge is 0.335 e. The summed E-state index contributed by atoms with van der Waals surface area (Å²) in [5, 5.41) is 9.95. The molecule has 0 radical (unpaired) electrons. The molecule has 47 heavy (non-hydrogen) atoms. The summed E-state index contributed by atoms with van der Waals surface area (Å²) in [6.07, 6.45) is 26.8. The molecule has 0 saturated heterocycles. The Labute approximate surface area is 285 Å². The molecule has 0 aromatic heterocycles. The zero-order valence-corrected chi connectivity index (χ0v) is 29.7. The van der Waals surface area contributed by atoms with Crippen LogP contribution < -0.4 is 0 Å². The molecule has 0 amide bonds. The fourth-order valence-corrected chi connectivity index (χ4v) is 4.73. The second-order valence-corrected chi connectivity index (χ2v) is 12.2. The zero-order chi connectivity index (χ0) is 34.6. The number of hydrogen-bond acceptors (Lipinski definition) is 9. The van der Waals surface area contributed by atoms with Crippen LogP contribution in [0.25, 0.3) is 0 Å². The van der Waals surface area contributed by atoms with Crippen LogP contribution in [0, 0.1) is 0 Å². The van der Waals surface area contributed by atoms with E-state index < -0.39 is 24.5 Å². The molecule has 0 rings (SSSR count). The SMILES string of the molecule is CCCCCC/C=C\COC(=O)CCCCCCCOC(=O)CC(O)C(=O)OCCCCCCCC(=O)OC/C=C\CCCCCC. The van der Waals surface area contributed by atoms with E-state index in [1.807, 2.05) is 12.2 Å². The monoisotopic (exact) mass is 666 g/mol. The Morgan fingerprint density at radius 3 is 1.40 bits per heavy atom. The van der Waals surface area contributed by atoms with Crippen LogP contribution in [0.1, 0.15) is 162 Å². The van der Waals surface area contributed by atoms with Crippen LogP contribution >= 0.6 is 0 Å². The maximum atomic E-state index is 12.0. The Morgan fingerprint density at radius 1 is 0.489 bits per heavy atom. The number of carbonyl (C=O) groups excluding carboxylic acids is 4. The van der Waals surface area contributed by atoms with Crippen LogP contribution in [-0.2, 0) is 38.1 Å². The van der Waals surface area contributed by atoms with E-state index in [1.54, 1.807) is 0 Å². The third-order valence-electron chi connectivity index (χ3n) is 7.65. The lowest BCUT2D eigenvalue weighted by molar-refractivity contribution is -0.160. The highest BCUT2D eigenvalue weighted by Crippen LogP contribution is 2.10. The summed E-state index contributed by atoms with van der Waals surface area (Å²) < 4.78 is 20.6. The second-order valence-electron chi connectivity index (χ2n) is 12.2. The zero-order valence-electron chi connectivity index (χ0n) is 29.7. The van der Waals surface area contributed by atoms with Crippen LogP contribution in [0.3, 0.4) is 0 Å². The Balaban J connectivity index is 3.59. The molecule has 0 aliphatic heterocycles. The molecule has 0 saturated carbocycles. The predicted octanol–water partition coefficient (Wildman–Crippen LogP) is 8.64. The summed E-state index contributed by atoms with van der Waals surface area (Å²) in [6.45, 7) is 5.45. The van der Waals surface area contributed by atoms with Crippen LogP contribution in [0.15, 0.2) is 24.3 Å². The first kappa shape index (κ1) is 44.3. The maximum Gasteiger partial charge on any atom is 0.335 e. The van der Waals surface area contributed by atoms with Crippen LogP contribution in [0.2, 0.25) is 0 Å². The van der Waals surface area contributed by atoms with E-state index in [-0.39, 0.29) is 25.2 Å². The molecule has 0 bridgehead atoms. The van der Waals surface area contributed by atoms with E-state index in [4.69, 9.17) is 18.9 Å². The van der Waals surface area contributed by atoms with E-state index in [0.29, 0.717) is 38.9 Å². The van der Waals surface area contributed by atoms with Crippen molar-refractivity contribution in [1.82, 2.24) is 0 Å². The van der Waals surface area contributed by atoms with Crippen molar-refractivity contribution in [3.63, 3.8) is 0 Å². The largest absolute Gasteiger partial charge is 0.466 e. The molecule has 1 atom stereocenters. The van der Waals surface area contributed by atoms with Crippen molar-refractivity contribution < 1.29 is 43.2 Å². The van der Waals surface area contributed by atoms with Gasteiger partial charge in [0.05, 0.1) is 19.6 Å². The molecular weight excluding hydrogens is 600 g/mol. The highest BCUT2D eigenvalue weighted by molar-refractivity contribution is 5.81. The standard InChI is InChI=1S/C38H66O9/c1-3-5-7-9-11-17-23-29-44-35(40)27-21-15-13-19-25-31-46-37(42)33-34(39)38(43)47-32-26-20-14-16-22-28-36(41)45-30-24-18-12-10-8-6-4-2/h17-18,23-24,34,39H,3-16,19-22,25-33H2,1-2H3/b23-17-,24-18-. The van der Waals surface area contributed by atoms with Crippen molar-refractivity contribution in [3.8, 4) is 0 Å². The maximum absolute atomic E-state index is 12.0. The van der Waals surface area contributed by atoms with E-state index in [9.17, 15) is 24.3 Å². The van der Waals surface area contributed by atoms with Gasteiger partial charge in [-0.15, -0.1) is 0 Å². The summed E-state index contributed by atoms with van der Waals surface area (Å²) in [4.78, 5) is 47.5. The molecule has 0 heterocycles. The lowest BCUT2D eigenvalue weighted by Crippen LogP contribution is -2.27. The number of ether oxygens (including phenoxy) is 4. The normalized spacial score (nSPS) is 12.0. The van der Waals surface area contributed by atoms with Crippen molar-refractivity contribution >= 4 is 23.9 Å². The highest BCUT2D eigenvalue weighted by atomic mass is 16.6. The lowest BCUT2D eigenvalue weighted by atomic mass is 10.1. The molecule has 1 unspecified atom stereocenters. The average molecular weight is 667 g/mol. The van der Waals surface area contributed by atoms with Gasteiger partial charge in [-0.3, -0.25) is 14.4 Å². The summed E-state index contributed by atoms with van der Waals surface area (Å²) in [5.41, 5.74) is 0. The van der Waals surface area contributed by atoms with Gasteiger partial charge in [0.1, 0.15) is 13.2 Å². The van der Waals surface area contributed by atoms with Crippen molar-refractivity contribution in [2.45, 2.75) is 168 Å². The van der Waals surface area contributed by atoms with Gasteiger partial charge in [0.25, 0.3) is 0 Å². The molecule has 0 aliphatic carbocycles. The molecule has 0 aromatic rings. The number of aliphatic hydroxyl groups excluding tert-OH is 1. The Kier molecular flexibility index (Phi) is 32.7. The van der Waals surface area contributed by atoms with Gasteiger partial charge in [-0.05, 0) is 51.4 Å². The fourth-order valence-electron chi connectivity index (χ4n) is 4.73. The van der Waals surface area contributed by atoms with Gasteiger partial charge in [-0.25, -0.2) is 4.79 Å². The number of allylic oxidation sites excluding steroid dienone is 2. The molecule has 9 nitrogen and oxygen atoms in total. The first-order valence-electron chi connectivity index (χ1n) is 18.5. The summed E-state index contributed by atoms with van der Waals surface area (Å²) in [5.74, 6) is -1.81. The van der Waals surface area contributed by atoms with Gasteiger partial charge in [0, 0.05) is 12.8 Å². The minimum Gasteiger partial charge on any atom is -0.466 e. The molecular formula is C38H66O9. The fraction of sp³-hybridized carbons (Fsp3) is 0.789. The number of hydrogen-bond donors (Lipinski definition) is 1. The van der Waals surface area contributed by atoms with Gasteiger partial charge >= 0.3 is 23.9 Å². The molecule has 0 spiro atoms. The van der Waals surface area contributed by atoms with Crippen LogP contribution in [0.4, 0.5) is 0 Å². The molecule has 0 fully saturated rings. The quantitative estimate of drug-likeness (QED) is 0.0317. The van der Waals surface area contributed by atoms with Crippen molar-refractivity contribution in [1.29, 1.82) is 0 Å². The summed E-state index contributed by atoms with van der Waals surface area (Å²) in [7, 11) is 0. The second kappa shape index (κ2) is 34.6. The third kappa shape index (κ3) is 33.0. The molecule has 272 valence electrons. The summed E-state index contributed by atoms with van der Waals surface area (Å²) >= 11 is 0. The third-order valence-corrected chi connectivity index (χ3v) is 7.65. The number of rotatable bonds is 33. The lowest BCUT2D eigenvalue weighted by Gasteiger charge is -2.11. The topological polar surface area (TPSA) is 125 Å². The highest BCUT2D eigenvalue weighted by Gasteiger charge is 2.21. The minimum atomic E-state index is -1.54. The first-order valence-corrected chi connectivity index (χ1v) is 18.5. The molecule has 1 N–H and O–H groups in total. The minimum absolute atomic E-state index is 0.172. The first-order chi connectivity index (χ1) is 22.9. The van der Waals surface area contributed by atoms with Crippen molar-refractivity contribution in [2.75, 3.05) is 26.4 Å². The van der Waals surface area contributed by atoms with Crippen LogP contribution in [-0.4, -0.2) is 61.5 Å². The van der Waals surface area contributed by atoms with E-state index >= 15 is 0 Å². The van der Waals surface area contributed by atoms with E-state index in [0.717, 1.165) is 64.2 Å². The Hall–Kier alpha value is -2.68. The van der Waals surface area contributed by atoms with Gasteiger partial charge in [-0.2, -0.15) is 0 Å². The number of carbonyl (C=O) groups is 4. The number of esters is 4. The predicted molar refractivity (Wildman–Crippen MR) is 186 cm³/mol. The van der Waals surface area contributed by atoms with Gasteiger partial charge in [0.15, 0.2) is 6.10 Å². The van der Waals surface area contributed by atoms with Crippen molar-refractivity contribution in [2.24, 2.45) is 0 Å². The van der Waals surface area contributed by atoms with Gasteiger partial charge in [0.2, 0.25) is 0 Å². The average Bonchev–Trinajstić information content (AvgIpc) is 3.05.